The summed E-state index contributed by atoms with van der Waals surface area (Å²) in [5.74, 6) is -0.492. The molecular weight excluding hydrogens is 192 g/mol. The van der Waals surface area contributed by atoms with E-state index in [9.17, 15) is 4.79 Å². The molecule has 0 saturated heterocycles. The maximum atomic E-state index is 10.8. The number of hydrogen-bond acceptors (Lipinski definition) is 3. The van der Waals surface area contributed by atoms with E-state index < -0.39 is 11.9 Å². The Morgan fingerprint density at radius 2 is 2.40 bits per heavy atom. The number of nitrogens with zero attached hydrogens (tertiary/aromatic N) is 1. The van der Waals surface area contributed by atoms with Gasteiger partial charge in [0.1, 0.15) is 5.65 Å². The van der Waals surface area contributed by atoms with Gasteiger partial charge in [0, 0.05) is 17.8 Å². The van der Waals surface area contributed by atoms with E-state index in [4.69, 9.17) is 11.5 Å². The highest BCUT2D eigenvalue weighted by Crippen LogP contribution is 2.16. The van der Waals surface area contributed by atoms with Gasteiger partial charge in [-0.3, -0.25) is 4.79 Å². The van der Waals surface area contributed by atoms with Gasteiger partial charge in [0.25, 0.3) is 0 Å². The minimum Gasteiger partial charge on any atom is -0.368 e. The van der Waals surface area contributed by atoms with Crippen molar-refractivity contribution in [2.75, 3.05) is 0 Å². The number of fused-ring (bicyclic) bond motifs is 1. The number of amides is 1. The fourth-order valence-electron chi connectivity index (χ4n) is 1.52. The highest BCUT2D eigenvalue weighted by molar-refractivity contribution is 5.83. The van der Waals surface area contributed by atoms with E-state index in [-0.39, 0.29) is 0 Å². The van der Waals surface area contributed by atoms with Gasteiger partial charge in [-0.1, -0.05) is 0 Å². The van der Waals surface area contributed by atoms with Crippen molar-refractivity contribution in [2.45, 2.75) is 12.5 Å². The summed E-state index contributed by atoms with van der Waals surface area (Å²) in [5.41, 5.74) is 12.5. The summed E-state index contributed by atoms with van der Waals surface area (Å²) in [6, 6.07) is 3.13. The number of pyridine rings is 1. The molecule has 2 aromatic heterocycles. The van der Waals surface area contributed by atoms with Gasteiger partial charge in [-0.2, -0.15) is 0 Å². The third-order valence-corrected chi connectivity index (χ3v) is 2.34. The number of carbonyl (C=O) groups is 1. The summed E-state index contributed by atoms with van der Waals surface area (Å²) in [6.45, 7) is 0. The van der Waals surface area contributed by atoms with E-state index >= 15 is 0 Å². The predicted octanol–water partition coefficient (Wildman–Crippen LogP) is -0.0820. The third-order valence-electron chi connectivity index (χ3n) is 2.34. The molecule has 5 nitrogen and oxygen atoms in total. The summed E-state index contributed by atoms with van der Waals surface area (Å²) in [6.07, 6.45) is 3.94. The van der Waals surface area contributed by atoms with Gasteiger partial charge < -0.3 is 16.5 Å². The summed E-state index contributed by atoms with van der Waals surface area (Å²) in [5, 5.41) is 0.981. The van der Waals surface area contributed by atoms with Crippen LogP contribution in [0.15, 0.2) is 24.5 Å². The molecule has 0 fully saturated rings. The van der Waals surface area contributed by atoms with Gasteiger partial charge in [-0.15, -0.1) is 0 Å². The lowest BCUT2D eigenvalue weighted by atomic mass is 10.1. The van der Waals surface area contributed by atoms with E-state index in [1.54, 1.807) is 12.4 Å². The molecule has 2 heterocycles. The first kappa shape index (κ1) is 9.67. The van der Waals surface area contributed by atoms with Crippen LogP contribution >= 0.6 is 0 Å². The van der Waals surface area contributed by atoms with Gasteiger partial charge >= 0.3 is 0 Å². The SMILES string of the molecule is NC(=O)[C@H](N)Cc1c[nH]c2ncccc12. The molecule has 78 valence electrons. The topological polar surface area (TPSA) is 97.8 Å². The molecule has 0 unspecified atom stereocenters. The normalized spacial score (nSPS) is 12.9. The summed E-state index contributed by atoms with van der Waals surface area (Å²) < 4.78 is 0. The van der Waals surface area contributed by atoms with Crippen molar-refractivity contribution >= 4 is 16.9 Å². The monoisotopic (exact) mass is 204 g/mol. The van der Waals surface area contributed by atoms with Crippen molar-refractivity contribution in [3.05, 3.63) is 30.1 Å². The molecule has 2 rings (SSSR count). The second-order valence-electron chi connectivity index (χ2n) is 3.43. The minimum atomic E-state index is -0.649. The van der Waals surface area contributed by atoms with Gasteiger partial charge in [0.2, 0.25) is 5.91 Å². The molecule has 0 aliphatic heterocycles. The summed E-state index contributed by atoms with van der Waals surface area (Å²) in [4.78, 5) is 18.0. The van der Waals surface area contributed by atoms with Crippen LogP contribution in [0.3, 0.4) is 0 Å². The predicted molar refractivity (Wildman–Crippen MR) is 57.0 cm³/mol. The zero-order valence-electron chi connectivity index (χ0n) is 8.10. The largest absolute Gasteiger partial charge is 0.368 e. The smallest absolute Gasteiger partial charge is 0.234 e. The number of aromatic nitrogens is 2. The highest BCUT2D eigenvalue weighted by atomic mass is 16.1. The standard InChI is InChI=1S/C10H12N4O/c11-8(9(12)15)4-6-5-14-10-7(6)2-1-3-13-10/h1-3,5,8H,4,11H2,(H2,12,15)(H,13,14)/t8-/m1/s1. The van der Waals surface area contributed by atoms with Crippen LogP contribution in [0.2, 0.25) is 0 Å². The molecule has 0 aromatic carbocycles. The van der Waals surface area contributed by atoms with Crippen LogP contribution in [0.5, 0.6) is 0 Å². The van der Waals surface area contributed by atoms with Crippen LogP contribution < -0.4 is 11.5 Å². The molecule has 0 aliphatic rings. The molecule has 0 radical (unpaired) electrons. The Labute approximate surface area is 86.5 Å². The first-order valence-corrected chi connectivity index (χ1v) is 4.64. The van der Waals surface area contributed by atoms with Gasteiger partial charge in [-0.25, -0.2) is 4.98 Å². The molecule has 15 heavy (non-hydrogen) atoms. The molecule has 0 spiro atoms. The molecule has 1 amide bonds. The van der Waals surface area contributed by atoms with E-state index in [1.807, 2.05) is 12.1 Å². The van der Waals surface area contributed by atoms with Crippen molar-refractivity contribution in [1.29, 1.82) is 0 Å². The number of nitrogens with one attached hydrogen (secondary N) is 1. The fourth-order valence-corrected chi connectivity index (χ4v) is 1.52. The second-order valence-corrected chi connectivity index (χ2v) is 3.43. The molecule has 0 bridgehead atoms. The van der Waals surface area contributed by atoms with E-state index in [0.717, 1.165) is 16.6 Å². The van der Waals surface area contributed by atoms with Crippen LogP contribution in [-0.2, 0) is 11.2 Å². The molecule has 2 aromatic rings. The first-order valence-electron chi connectivity index (χ1n) is 4.64. The zero-order valence-corrected chi connectivity index (χ0v) is 8.10. The average molecular weight is 204 g/mol. The highest BCUT2D eigenvalue weighted by Gasteiger charge is 2.12. The van der Waals surface area contributed by atoms with Crippen LogP contribution in [0.25, 0.3) is 11.0 Å². The van der Waals surface area contributed by atoms with Crippen LogP contribution in [-0.4, -0.2) is 21.9 Å². The van der Waals surface area contributed by atoms with Gasteiger partial charge in [0.15, 0.2) is 0 Å². The number of aromatic amines is 1. The number of rotatable bonds is 3. The van der Waals surface area contributed by atoms with Crippen molar-refractivity contribution < 1.29 is 4.79 Å². The van der Waals surface area contributed by atoms with Crippen molar-refractivity contribution in [2.24, 2.45) is 11.5 Å². The molecule has 0 saturated carbocycles. The number of nitrogens with two attached hydrogens (primary N) is 2. The fraction of sp³-hybridized carbons (Fsp3) is 0.200. The quantitative estimate of drug-likeness (QED) is 0.652. The van der Waals surface area contributed by atoms with Crippen LogP contribution in [0, 0.1) is 0 Å². The van der Waals surface area contributed by atoms with E-state index in [2.05, 4.69) is 9.97 Å². The number of H-pyrrole nitrogens is 1. The maximum absolute atomic E-state index is 10.8. The third kappa shape index (κ3) is 1.82. The molecule has 5 heteroatoms. The maximum Gasteiger partial charge on any atom is 0.234 e. The summed E-state index contributed by atoms with van der Waals surface area (Å²) >= 11 is 0. The van der Waals surface area contributed by atoms with E-state index in [0.29, 0.717) is 6.42 Å². The Bertz CT molecular complexity index is 491. The average Bonchev–Trinajstić information content (AvgIpc) is 2.62. The molecule has 0 aliphatic carbocycles. The Kier molecular flexibility index (Phi) is 2.39. The van der Waals surface area contributed by atoms with Gasteiger partial charge in [0.05, 0.1) is 6.04 Å². The second kappa shape index (κ2) is 3.70. The van der Waals surface area contributed by atoms with Crippen LogP contribution in [0.4, 0.5) is 0 Å². The van der Waals surface area contributed by atoms with Crippen LogP contribution in [0.1, 0.15) is 5.56 Å². The molecule has 5 N–H and O–H groups in total. The van der Waals surface area contributed by atoms with Crippen molar-refractivity contribution in [3.8, 4) is 0 Å². The number of hydrogen-bond donors (Lipinski definition) is 3. The number of primary amides is 1. The lowest BCUT2D eigenvalue weighted by Gasteiger charge is -2.05. The Morgan fingerprint density at radius 3 is 3.13 bits per heavy atom. The summed E-state index contributed by atoms with van der Waals surface area (Å²) in [7, 11) is 0. The Balaban J connectivity index is 2.32. The molecular formula is C10H12N4O. The Morgan fingerprint density at radius 1 is 1.60 bits per heavy atom. The van der Waals surface area contributed by atoms with E-state index in [1.165, 1.54) is 0 Å². The van der Waals surface area contributed by atoms with Gasteiger partial charge in [-0.05, 0) is 24.1 Å². The lowest BCUT2D eigenvalue weighted by Crippen LogP contribution is -2.38. The number of carbonyl (C=O) groups excluding carboxylic acids is 1. The molecule has 1 atom stereocenters. The zero-order chi connectivity index (χ0) is 10.8. The lowest BCUT2D eigenvalue weighted by molar-refractivity contribution is -0.119. The first-order chi connectivity index (χ1) is 7.18. The van der Waals surface area contributed by atoms with Crippen molar-refractivity contribution in [1.82, 2.24) is 9.97 Å². The Hall–Kier alpha value is -1.88. The van der Waals surface area contributed by atoms with Crippen molar-refractivity contribution in [3.63, 3.8) is 0 Å². The minimum absolute atomic E-state index is 0.432.